The van der Waals surface area contributed by atoms with Gasteiger partial charge in [0.2, 0.25) is 0 Å². The molecular formula is C18H14FN3. The first-order valence-corrected chi connectivity index (χ1v) is 7.08. The van der Waals surface area contributed by atoms with Crippen LogP contribution in [0, 0.1) is 5.82 Å². The summed E-state index contributed by atoms with van der Waals surface area (Å²) >= 11 is 0. The lowest BCUT2D eigenvalue weighted by atomic mass is 10.1. The molecule has 22 heavy (non-hydrogen) atoms. The van der Waals surface area contributed by atoms with Crippen molar-refractivity contribution in [2.75, 3.05) is 11.9 Å². The van der Waals surface area contributed by atoms with Crippen molar-refractivity contribution in [3.05, 3.63) is 77.9 Å². The molecule has 1 aliphatic rings. The molecule has 0 bridgehead atoms. The Bertz CT molecular complexity index is 907. The lowest BCUT2D eigenvalue weighted by molar-refractivity contribution is 0.630. The van der Waals surface area contributed by atoms with Gasteiger partial charge in [0.15, 0.2) is 0 Å². The summed E-state index contributed by atoms with van der Waals surface area (Å²) in [6.07, 6.45) is 0. The van der Waals surface area contributed by atoms with Gasteiger partial charge >= 0.3 is 0 Å². The van der Waals surface area contributed by atoms with Crippen molar-refractivity contribution < 1.29 is 4.39 Å². The van der Waals surface area contributed by atoms with Crippen LogP contribution in [0.5, 0.6) is 0 Å². The molecule has 1 aliphatic heterocycles. The Labute approximate surface area is 127 Å². The molecule has 0 saturated heterocycles. The monoisotopic (exact) mass is 291 g/mol. The predicted molar refractivity (Wildman–Crippen MR) is 88.0 cm³/mol. The highest BCUT2D eigenvalue weighted by atomic mass is 19.1. The maximum atomic E-state index is 13.6. The molecule has 4 rings (SSSR count). The van der Waals surface area contributed by atoms with Gasteiger partial charge in [-0.05, 0) is 18.2 Å². The lowest BCUT2D eigenvalue weighted by Gasteiger charge is -2.06. The first-order valence-electron chi connectivity index (χ1n) is 7.08. The van der Waals surface area contributed by atoms with Crippen LogP contribution in [0.25, 0.3) is 10.9 Å². The Morgan fingerprint density at radius 1 is 1.09 bits per heavy atom. The molecule has 0 spiro atoms. The number of aromatic nitrogens is 1. The fourth-order valence-electron chi connectivity index (χ4n) is 2.77. The minimum Gasteiger partial charge on any atom is -0.356 e. The zero-order valence-corrected chi connectivity index (χ0v) is 11.9. The molecule has 0 fully saturated rings. The molecule has 0 atom stereocenters. The van der Waals surface area contributed by atoms with Crippen LogP contribution in [0.1, 0.15) is 11.3 Å². The summed E-state index contributed by atoms with van der Waals surface area (Å²) in [6.45, 7) is 4.47. The number of aliphatic imine (C=N–C) groups is 1. The quantitative estimate of drug-likeness (QED) is 0.696. The van der Waals surface area contributed by atoms with Crippen LogP contribution >= 0.6 is 0 Å². The van der Waals surface area contributed by atoms with E-state index in [9.17, 15) is 4.39 Å². The third-order valence-electron chi connectivity index (χ3n) is 3.77. The molecule has 2 aromatic carbocycles. The lowest BCUT2D eigenvalue weighted by Crippen LogP contribution is -2.04. The zero-order chi connectivity index (χ0) is 15.1. The Morgan fingerprint density at radius 3 is 2.73 bits per heavy atom. The zero-order valence-electron chi connectivity index (χ0n) is 11.9. The van der Waals surface area contributed by atoms with Gasteiger partial charge in [0.05, 0.1) is 23.6 Å². The van der Waals surface area contributed by atoms with E-state index >= 15 is 0 Å². The highest BCUT2D eigenvalue weighted by Crippen LogP contribution is 2.32. The van der Waals surface area contributed by atoms with Crippen molar-refractivity contribution in [1.82, 2.24) is 4.98 Å². The summed E-state index contributed by atoms with van der Waals surface area (Å²) in [5.74, 6) is -0.260. The fraction of sp³-hybridized carbons (Fsp3) is 0.0556. The normalized spacial score (nSPS) is 14.2. The standard InChI is InChI=1S/C18H14FN3/c1-11-10-20-16(12-5-3-2-4-6-12)18-17(21-11)14-9-13(19)7-8-15(14)22-18/h2-9,21-22H,1,10H2. The molecular weight excluding hydrogens is 277 g/mol. The molecule has 4 heteroatoms. The fourth-order valence-corrected chi connectivity index (χ4v) is 2.77. The van der Waals surface area contributed by atoms with Gasteiger partial charge in [0.25, 0.3) is 0 Å². The molecule has 0 radical (unpaired) electrons. The van der Waals surface area contributed by atoms with Crippen LogP contribution in [0.2, 0.25) is 0 Å². The summed E-state index contributed by atoms with van der Waals surface area (Å²) in [6, 6.07) is 14.7. The molecule has 0 amide bonds. The number of aromatic amines is 1. The molecule has 3 aromatic rings. The van der Waals surface area contributed by atoms with E-state index in [1.807, 2.05) is 30.3 Å². The van der Waals surface area contributed by atoms with Gasteiger partial charge in [-0.2, -0.15) is 0 Å². The maximum Gasteiger partial charge on any atom is 0.124 e. The topological polar surface area (TPSA) is 40.2 Å². The number of hydrogen-bond acceptors (Lipinski definition) is 2. The van der Waals surface area contributed by atoms with Crippen molar-refractivity contribution in [2.45, 2.75) is 0 Å². The number of halogens is 1. The third kappa shape index (κ3) is 2.00. The Morgan fingerprint density at radius 2 is 1.91 bits per heavy atom. The van der Waals surface area contributed by atoms with Gasteiger partial charge < -0.3 is 10.3 Å². The summed E-state index contributed by atoms with van der Waals surface area (Å²) in [5.41, 5.74) is 5.24. The number of rotatable bonds is 1. The first-order chi connectivity index (χ1) is 10.7. The van der Waals surface area contributed by atoms with Gasteiger partial charge in [-0.3, -0.25) is 4.99 Å². The number of nitrogens with one attached hydrogen (secondary N) is 2. The van der Waals surface area contributed by atoms with Crippen LogP contribution in [0.15, 0.2) is 65.8 Å². The molecule has 0 unspecified atom stereocenters. The SMILES string of the molecule is C=C1CN=C(c2ccccc2)c2[nH]c3ccc(F)cc3c2N1. The van der Waals surface area contributed by atoms with Gasteiger partial charge in [-0.1, -0.05) is 36.9 Å². The van der Waals surface area contributed by atoms with E-state index in [4.69, 9.17) is 0 Å². The van der Waals surface area contributed by atoms with Gasteiger partial charge in [0.1, 0.15) is 5.82 Å². The summed E-state index contributed by atoms with van der Waals surface area (Å²) in [4.78, 5) is 8.01. The van der Waals surface area contributed by atoms with Crippen molar-refractivity contribution in [2.24, 2.45) is 4.99 Å². The predicted octanol–water partition coefficient (Wildman–Crippen LogP) is 4.08. The van der Waals surface area contributed by atoms with Gasteiger partial charge in [-0.25, -0.2) is 4.39 Å². The molecule has 3 nitrogen and oxygen atoms in total. The Hall–Kier alpha value is -2.88. The van der Waals surface area contributed by atoms with Crippen LogP contribution in [0.3, 0.4) is 0 Å². The molecule has 0 saturated carbocycles. The number of hydrogen-bond donors (Lipinski definition) is 2. The van der Waals surface area contributed by atoms with Crippen molar-refractivity contribution >= 4 is 22.3 Å². The maximum absolute atomic E-state index is 13.6. The molecule has 1 aromatic heterocycles. The smallest absolute Gasteiger partial charge is 0.124 e. The molecule has 108 valence electrons. The number of H-pyrrole nitrogens is 1. The van der Waals surface area contributed by atoms with E-state index in [2.05, 4.69) is 21.9 Å². The summed E-state index contributed by atoms with van der Waals surface area (Å²) in [7, 11) is 0. The number of fused-ring (bicyclic) bond motifs is 3. The van der Waals surface area contributed by atoms with E-state index in [1.165, 1.54) is 12.1 Å². The van der Waals surface area contributed by atoms with Gasteiger partial charge in [-0.15, -0.1) is 0 Å². The molecule has 2 heterocycles. The molecule has 2 N–H and O–H groups in total. The van der Waals surface area contributed by atoms with Crippen molar-refractivity contribution in [3.63, 3.8) is 0 Å². The highest BCUT2D eigenvalue weighted by molar-refractivity contribution is 6.19. The van der Waals surface area contributed by atoms with E-state index in [-0.39, 0.29) is 5.82 Å². The van der Waals surface area contributed by atoms with Crippen LogP contribution < -0.4 is 5.32 Å². The second kappa shape index (κ2) is 4.84. The second-order valence-electron chi connectivity index (χ2n) is 5.32. The third-order valence-corrected chi connectivity index (χ3v) is 3.77. The average molecular weight is 291 g/mol. The second-order valence-corrected chi connectivity index (χ2v) is 5.32. The van der Waals surface area contributed by atoms with Crippen molar-refractivity contribution in [1.29, 1.82) is 0 Å². The number of benzene rings is 2. The first kappa shape index (κ1) is 12.8. The summed E-state index contributed by atoms with van der Waals surface area (Å²) < 4.78 is 13.6. The van der Waals surface area contributed by atoms with E-state index in [0.29, 0.717) is 6.54 Å². The van der Waals surface area contributed by atoms with Crippen LogP contribution in [-0.4, -0.2) is 17.2 Å². The Kier molecular flexibility index (Phi) is 2.82. The van der Waals surface area contributed by atoms with Crippen LogP contribution in [-0.2, 0) is 0 Å². The largest absolute Gasteiger partial charge is 0.356 e. The van der Waals surface area contributed by atoms with Crippen LogP contribution in [0.4, 0.5) is 10.1 Å². The van der Waals surface area contributed by atoms with E-state index in [0.717, 1.165) is 39.3 Å². The number of nitrogens with zero attached hydrogens (tertiary/aromatic N) is 1. The van der Waals surface area contributed by atoms with E-state index < -0.39 is 0 Å². The summed E-state index contributed by atoms with van der Waals surface area (Å²) in [5, 5.41) is 4.07. The average Bonchev–Trinajstić information content (AvgIpc) is 2.77. The van der Waals surface area contributed by atoms with E-state index in [1.54, 1.807) is 6.07 Å². The highest BCUT2D eigenvalue weighted by Gasteiger charge is 2.20. The van der Waals surface area contributed by atoms with Crippen molar-refractivity contribution in [3.8, 4) is 0 Å². The Balaban J connectivity index is 2.00. The minimum absolute atomic E-state index is 0.260. The molecule has 0 aliphatic carbocycles. The van der Waals surface area contributed by atoms with Gasteiger partial charge in [0, 0.05) is 22.2 Å². The number of anilines is 1. The minimum atomic E-state index is -0.260.